The number of benzene rings is 1. The van der Waals surface area contributed by atoms with E-state index in [2.05, 4.69) is 15.9 Å². The minimum absolute atomic E-state index is 0.0797. The molecule has 1 aliphatic heterocycles. The van der Waals surface area contributed by atoms with Crippen LogP contribution in [-0.2, 0) is 14.6 Å². The molecule has 0 bridgehead atoms. The molecule has 0 spiro atoms. The molecule has 1 fully saturated rings. The molecule has 0 aromatic heterocycles. The van der Waals surface area contributed by atoms with Crippen LogP contribution in [0.2, 0.25) is 0 Å². The third-order valence-electron chi connectivity index (χ3n) is 4.06. The monoisotopic (exact) mass is 388 g/mol. The Bertz CT molecular complexity index is 656. The number of carbonyl (C=O) groups is 1. The van der Waals surface area contributed by atoms with Crippen molar-refractivity contribution in [2.45, 2.75) is 42.4 Å². The van der Waals surface area contributed by atoms with Gasteiger partial charge < -0.3 is 10.6 Å². The average molecular weight is 389 g/mol. The van der Waals surface area contributed by atoms with Gasteiger partial charge in [-0.3, -0.25) is 4.79 Å². The highest BCUT2D eigenvalue weighted by Gasteiger charge is 2.45. The Morgan fingerprint density at radius 1 is 1.32 bits per heavy atom. The van der Waals surface area contributed by atoms with Crippen LogP contribution in [0.25, 0.3) is 0 Å². The fraction of sp³-hybridized carbons (Fsp3) is 0.533. The van der Waals surface area contributed by atoms with E-state index >= 15 is 0 Å². The second kappa shape index (κ2) is 6.29. The summed E-state index contributed by atoms with van der Waals surface area (Å²) in [6.45, 7) is 3.91. The molecule has 1 aromatic carbocycles. The summed E-state index contributed by atoms with van der Waals surface area (Å²) >= 11 is 3.28. The van der Waals surface area contributed by atoms with Gasteiger partial charge in [-0.25, -0.2) is 8.42 Å². The zero-order valence-electron chi connectivity index (χ0n) is 12.8. The first-order chi connectivity index (χ1) is 10.2. The summed E-state index contributed by atoms with van der Waals surface area (Å²) < 4.78 is 24.9. The molecule has 2 rings (SSSR count). The molecule has 7 heteroatoms. The van der Waals surface area contributed by atoms with Gasteiger partial charge in [0.15, 0.2) is 9.84 Å². The Morgan fingerprint density at radius 2 is 1.91 bits per heavy atom. The van der Waals surface area contributed by atoms with Crippen LogP contribution in [0, 0.1) is 0 Å². The van der Waals surface area contributed by atoms with Gasteiger partial charge in [-0.2, -0.15) is 0 Å². The van der Waals surface area contributed by atoms with Gasteiger partial charge in [0.25, 0.3) is 0 Å². The molecule has 0 aliphatic carbocycles. The van der Waals surface area contributed by atoms with Crippen molar-refractivity contribution in [2.75, 3.05) is 13.1 Å². The highest BCUT2D eigenvalue weighted by molar-refractivity contribution is 9.10. The third kappa shape index (κ3) is 3.21. The third-order valence-corrected chi connectivity index (χ3v) is 7.00. The lowest BCUT2D eigenvalue weighted by Crippen LogP contribution is -2.54. The zero-order valence-corrected chi connectivity index (χ0v) is 15.2. The summed E-state index contributed by atoms with van der Waals surface area (Å²) in [6, 6.07) is 6.25. The number of amides is 1. The van der Waals surface area contributed by atoms with Crippen molar-refractivity contribution >= 4 is 31.7 Å². The second-order valence-electron chi connectivity index (χ2n) is 6.12. The normalized spacial score (nSPS) is 20.0. The minimum Gasteiger partial charge on any atom is -0.340 e. The van der Waals surface area contributed by atoms with Crippen molar-refractivity contribution in [3.63, 3.8) is 0 Å². The number of halogens is 1. The molecule has 22 heavy (non-hydrogen) atoms. The number of rotatable bonds is 3. The quantitative estimate of drug-likeness (QED) is 0.857. The molecular weight excluding hydrogens is 368 g/mol. The Kier molecular flexibility index (Phi) is 4.99. The molecule has 1 aromatic rings. The predicted octanol–water partition coefficient (Wildman–Crippen LogP) is 1.95. The number of hydrogen-bond donors (Lipinski definition) is 1. The lowest BCUT2D eigenvalue weighted by molar-refractivity contribution is -0.134. The van der Waals surface area contributed by atoms with Crippen LogP contribution in [0.5, 0.6) is 0 Å². The average Bonchev–Trinajstić information content (AvgIpc) is 2.46. The summed E-state index contributed by atoms with van der Waals surface area (Å²) in [4.78, 5) is 14.5. The number of piperidine rings is 1. The molecule has 1 atom stereocenters. The molecule has 1 amide bonds. The van der Waals surface area contributed by atoms with Gasteiger partial charge in [0.2, 0.25) is 5.91 Å². The van der Waals surface area contributed by atoms with Crippen LogP contribution in [0.3, 0.4) is 0 Å². The molecule has 1 unspecified atom stereocenters. The van der Waals surface area contributed by atoms with Crippen LogP contribution < -0.4 is 5.73 Å². The van der Waals surface area contributed by atoms with E-state index in [-0.39, 0.29) is 16.8 Å². The topological polar surface area (TPSA) is 80.5 Å². The Morgan fingerprint density at radius 3 is 2.45 bits per heavy atom. The van der Waals surface area contributed by atoms with Gasteiger partial charge in [-0.1, -0.05) is 15.9 Å². The van der Waals surface area contributed by atoms with Crippen LogP contribution >= 0.6 is 15.9 Å². The van der Waals surface area contributed by atoms with Gasteiger partial charge in [0.05, 0.1) is 4.90 Å². The van der Waals surface area contributed by atoms with Crippen molar-refractivity contribution in [3.05, 3.63) is 28.7 Å². The Balaban J connectivity index is 2.31. The van der Waals surface area contributed by atoms with E-state index < -0.39 is 14.6 Å². The van der Waals surface area contributed by atoms with Gasteiger partial charge >= 0.3 is 0 Å². The van der Waals surface area contributed by atoms with E-state index in [9.17, 15) is 13.2 Å². The second-order valence-corrected chi connectivity index (χ2v) is 9.54. The van der Waals surface area contributed by atoms with Crippen LogP contribution in [0.1, 0.15) is 26.7 Å². The van der Waals surface area contributed by atoms with Gasteiger partial charge in [0, 0.05) is 23.6 Å². The molecule has 0 saturated carbocycles. The molecule has 1 heterocycles. The first-order valence-corrected chi connectivity index (χ1v) is 9.49. The predicted molar refractivity (Wildman–Crippen MR) is 89.2 cm³/mol. The van der Waals surface area contributed by atoms with E-state index in [0.29, 0.717) is 13.1 Å². The number of nitrogens with zero attached hydrogens (tertiary/aromatic N) is 1. The first kappa shape index (κ1) is 17.4. The van der Waals surface area contributed by atoms with Crippen LogP contribution in [-0.4, -0.2) is 43.1 Å². The number of carbonyl (C=O) groups excluding carboxylic acids is 1. The van der Waals surface area contributed by atoms with E-state index in [4.69, 9.17) is 5.73 Å². The van der Waals surface area contributed by atoms with Gasteiger partial charge in [-0.15, -0.1) is 0 Å². The fourth-order valence-electron chi connectivity index (χ4n) is 2.60. The summed E-state index contributed by atoms with van der Waals surface area (Å²) in [6.07, 6.45) is 1.67. The number of hydrogen-bond acceptors (Lipinski definition) is 4. The summed E-state index contributed by atoms with van der Waals surface area (Å²) in [7, 11) is -3.77. The lowest BCUT2D eigenvalue weighted by Gasteiger charge is -2.36. The van der Waals surface area contributed by atoms with E-state index in [0.717, 1.165) is 17.3 Å². The SMILES string of the molecule is CC(C)(C(=O)N1CCCC(N)C1)S(=O)(=O)c1ccc(Br)cc1. The maximum atomic E-state index is 12.8. The Labute approximate surface area is 139 Å². The standard InChI is InChI=1S/C15H21BrN2O3S/c1-15(2,14(19)18-9-3-4-12(17)10-18)22(20,21)13-7-5-11(16)6-8-13/h5-8,12H,3-4,9-10,17H2,1-2H3. The van der Waals surface area contributed by atoms with E-state index in [1.807, 2.05) is 0 Å². The number of sulfone groups is 1. The zero-order chi connectivity index (χ0) is 16.5. The van der Waals surface area contributed by atoms with Gasteiger partial charge in [-0.05, 0) is 51.0 Å². The largest absolute Gasteiger partial charge is 0.340 e. The van der Waals surface area contributed by atoms with E-state index in [1.54, 1.807) is 17.0 Å². The van der Waals surface area contributed by atoms with Gasteiger partial charge in [0.1, 0.15) is 4.75 Å². The maximum Gasteiger partial charge on any atom is 0.243 e. The summed E-state index contributed by atoms with van der Waals surface area (Å²) in [5.74, 6) is -0.384. The smallest absolute Gasteiger partial charge is 0.243 e. The summed E-state index contributed by atoms with van der Waals surface area (Å²) in [5.41, 5.74) is 5.89. The van der Waals surface area contributed by atoms with Crippen LogP contribution in [0.15, 0.2) is 33.6 Å². The first-order valence-electron chi connectivity index (χ1n) is 7.21. The molecule has 1 aliphatic rings. The number of likely N-dealkylation sites (tertiary alicyclic amines) is 1. The Hall–Kier alpha value is -0.920. The van der Waals surface area contributed by atoms with Crippen LogP contribution in [0.4, 0.5) is 0 Å². The molecule has 2 N–H and O–H groups in total. The highest BCUT2D eigenvalue weighted by atomic mass is 79.9. The van der Waals surface area contributed by atoms with E-state index in [1.165, 1.54) is 26.0 Å². The maximum absolute atomic E-state index is 12.8. The highest BCUT2D eigenvalue weighted by Crippen LogP contribution is 2.29. The lowest BCUT2D eigenvalue weighted by atomic mass is 10.0. The molecule has 122 valence electrons. The van der Waals surface area contributed by atoms with Crippen molar-refractivity contribution in [1.29, 1.82) is 0 Å². The molecule has 5 nitrogen and oxygen atoms in total. The summed E-state index contributed by atoms with van der Waals surface area (Å²) in [5, 5.41) is 0. The molecular formula is C15H21BrN2O3S. The molecule has 0 radical (unpaired) electrons. The number of nitrogens with two attached hydrogens (primary N) is 1. The molecule has 1 saturated heterocycles. The fourth-order valence-corrected chi connectivity index (χ4v) is 4.31. The van der Waals surface area contributed by atoms with Crippen molar-refractivity contribution in [2.24, 2.45) is 5.73 Å². The minimum atomic E-state index is -3.77. The van der Waals surface area contributed by atoms with Crippen molar-refractivity contribution < 1.29 is 13.2 Å². The van der Waals surface area contributed by atoms with Crippen molar-refractivity contribution in [3.8, 4) is 0 Å². The van der Waals surface area contributed by atoms with Crippen molar-refractivity contribution in [1.82, 2.24) is 4.90 Å².